The molecule has 0 saturated heterocycles. The van der Waals surface area contributed by atoms with Crippen molar-refractivity contribution in [3.05, 3.63) is 70.8 Å². The highest BCUT2D eigenvalue weighted by atomic mass is 16.4. The quantitative estimate of drug-likeness (QED) is 0.920. The average molecular weight is 281 g/mol. The second-order valence-corrected chi connectivity index (χ2v) is 5.09. The van der Waals surface area contributed by atoms with E-state index >= 15 is 0 Å². The van der Waals surface area contributed by atoms with E-state index in [-0.39, 0.29) is 5.91 Å². The molecule has 4 nitrogen and oxygen atoms in total. The molecule has 1 amide bonds. The second kappa shape index (κ2) is 5.40. The van der Waals surface area contributed by atoms with E-state index < -0.39 is 5.97 Å². The normalized spacial score (nSPS) is 13.6. The Labute approximate surface area is 122 Å². The summed E-state index contributed by atoms with van der Waals surface area (Å²) in [6.07, 6.45) is 0.580. The van der Waals surface area contributed by atoms with Gasteiger partial charge in [-0.15, -0.1) is 0 Å². The molecule has 1 N–H and O–H groups in total. The minimum absolute atomic E-state index is 0.0121. The van der Waals surface area contributed by atoms with Crippen LogP contribution in [0.4, 0.5) is 0 Å². The fraction of sp³-hybridized carbons (Fsp3) is 0.176. The molecule has 0 bridgehead atoms. The minimum Gasteiger partial charge on any atom is -0.478 e. The summed E-state index contributed by atoms with van der Waals surface area (Å²) in [7, 11) is 0. The van der Waals surface area contributed by atoms with Gasteiger partial charge in [0.2, 0.25) is 0 Å². The van der Waals surface area contributed by atoms with E-state index in [1.54, 1.807) is 29.2 Å². The van der Waals surface area contributed by atoms with Crippen molar-refractivity contribution in [1.82, 2.24) is 4.90 Å². The summed E-state index contributed by atoms with van der Waals surface area (Å²) in [5.41, 5.74) is 2.78. The zero-order valence-corrected chi connectivity index (χ0v) is 11.5. The minimum atomic E-state index is -0.908. The van der Waals surface area contributed by atoms with E-state index in [0.717, 1.165) is 11.1 Å². The Morgan fingerprint density at radius 2 is 1.76 bits per heavy atom. The Balaban J connectivity index is 1.87. The molecule has 0 aliphatic carbocycles. The van der Waals surface area contributed by atoms with E-state index in [2.05, 4.69) is 0 Å². The SMILES string of the molecule is O=C(O)c1cccc2c1CCN(C(=O)c1ccccc1)C2. The lowest BCUT2D eigenvalue weighted by Gasteiger charge is -2.29. The van der Waals surface area contributed by atoms with Gasteiger partial charge in [-0.3, -0.25) is 4.79 Å². The third-order valence-electron chi connectivity index (χ3n) is 3.80. The van der Waals surface area contributed by atoms with Gasteiger partial charge in [0.05, 0.1) is 5.56 Å². The highest BCUT2D eigenvalue weighted by Crippen LogP contribution is 2.23. The molecule has 0 radical (unpaired) electrons. The van der Waals surface area contributed by atoms with Crippen LogP contribution in [0.5, 0.6) is 0 Å². The molecule has 21 heavy (non-hydrogen) atoms. The van der Waals surface area contributed by atoms with Crippen molar-refractivity contribution in [1.29, 1.82) is 0 Å². The maximum absolute atomic E-state index is 12.4. The number of benzene rings is 2. The van der Waals surface area contributed by atoms with Crippen molar-refractivity contribution in [3.8, 4) is 0 Å². The number of nitrogens with zero attached hydrogens (tertiary/aromatic N) is 1. The predicted octanol–water partition coefficient (Wildman–Crippen LogP) is 2.58. The summed E-state index contributed by atoms with van der Waals surface area (Å²) >= 11 is 0. The van der Waals surface area contributed by atoms with Gasteiger partial charge in [0.15, 0.2) is 0 Å². The van der Waals surface area contributed by atoms with Gasteiger partial charge < -0.3 is 10.0 Å². The van der Waals surface area contributed by atoms with Crippen molar-refractivity contribution in [2.75, 3.05) is 6.54 Å². The van der Waals surface area contributed by atoms with Crippen LogP contribution in [0.2, 0.25) is 0 Å². The predicted molar refractivity (Wildman–Crippen MR) is 78.3 cm³/mol. The lowest BCUT2D eigenvalue weighted by atomic mass is 9.94. The van der Waals surface area contributed by atoms with Gasteiger partial charge in [0.1, 0.15) is 0 Å². The summed E-state index contributed by atoms with van der Waals surface area (Å²) in [4.78, 5) is 25.4. The first-order valence-corrected chi connectivity index (χ1v) is 6.85. The summed E-state index contributed by atoms with van der Waals surface area (Å²) in [5.74, 6) is -0.920. The third kappa shape index (κ3) is 2.52. The maximum Gasteiger partial charge on any atom is 0.335 e. The van der Waals surface area contributed by atoms with Gasteiger partial charge in [0.25, 0.3) is 5.91 Å². The molecule has 0 fully saturated rings. The summed E-state index contributed by atoms with van der Waals surface area (Å²) < 4.78 is 0. The Bertz CT molecular complexity index is 694. The number of rotatable bonds is 2. The average Bonchev–Trinajstić information content (AvgIpc) is 2.53. The molecule has 0 spiro atoms. The summed E-state index contributed by atoms with van der Waals surface area (Å²) in [6, 6.07) is 14.4. The van der Waals surface area contributed by atoms with Crippen LogP contribution in [0.25, 0.3) is 0 Å². The number of carbonyl (C=O) groups excluding carboxylic acids is 1. The molecular formula is C17H15NO3. The highest BCUT2D eigenvalue weighted by Gasteiger charge is 2.24. The molecule has 0 unspecified atom stereocenters. The lowest BCUT2D eigenvalue weighted by Crippen LogP contribution is -2.36. The topological polar surface area (TPSA) is 57.6 Å². The van der Waals surface area contributed by atoms with Crippen LogP contribution >= 0.6 is 0 Å². The van der Waals surface area contributed by atoms with Crippen LogP contribution in [-0.2, 0) is 13.0 Å². The van der Waals surface area contributed by atoms with Crippen molar-refractivity contribution < 1.29 is 14.7 Å². The first-order chi connectivity index (χ1) is 10.2. The highest BCUT2D eigenvalue weighted by molar-refractivity contribution is 5.94. The van der Waals surface area contributed by atoms with Crippen LogP contribution in [0.15, 0.2) is 48.5 Å². The van der Waals surface area contributed by atoms with Gasteiger partial charge in [-0.1, -0.05) is 30.3 Å². The molecule has 2 aromatic rings. The lowest BCUT2D eigenvalue weighted by molar-refractivity contribution is 0.0694. The molecule has 1 aliphatic rings. The fourth-order valence-corrected chi connectivity index (χ4v) is 2.75. The zero-order chi connectivity index (χ0) is 14.8. The molecule has 1 aliphatic heterocycles. The van der Waals surface area contributed by atoms with Gasteiger partial charge >= 0.3 is 5.97 Å². The van der Waals surface area contributed by atoms with Gasteiger partial charge in [-0.25, -0.2) is 4.79 Å². The molecule has 0 saturated carbocycles. The second-order valence-electron chi connectivity index (χ2n) is 5.09. The monoisotopic (exact) mass is 281 g/mol. The maximum atomic E-state index is 12.4. The molecular weight excluding hydrogens is 266 g/mol. The number of hydrogen-bond acceptors (Lipinski definition) is 2. The molecule has 2 aromatic carbocycles. The Kier molecular flexibility index (Phi) is 3.44. The van der Waals surface area contributed by atoms with Crippen molar-refractivity contribution in [2.45, 2.75) is 13.0 Å². The van der Waals surface area contributed by atoms with E-state index in [0.29, 0.717) is 30.6 Å². The van der Waals surface area contributed by atoms with E-state index in [1.165, 1.54) is 0 Å². The first-order valence-electron chi connectivity index (χ1n) is 6.85. The number of aromatic carboxylic acids is 1. The Hall–Kier alpha value is -2.62. The molecule has 1 heterocycles. The van der Waals surface area contributed by atoms with Gasteiger partial charge in [-0.05, 0) is 35.7 Å². The summed E-state index contributed by atoms with van der Waals surface area (Å²) in [6.45, 7) is 1.01. The number of amides is 1. The van der Waals surface area contributed by atoms with E-state index in [9.17, 15) is 14.7 Å². The largest absolute Gasteiger partial charge is 0.478 e. The van der Waals surface area contributed by atoms with E-state index in [1.807, 2.05) is 24.3 Å². The number of carboxylic acids is 1. The smallest absolute Gasteiger partial charge is 0.335 e. The summed E-state index contributed by atoms with van der Waals surface area (Å²) in [5, 5.41) is 9.21. The molecule has 4 heteroatoms. The molecule has 0 aromatic heterocycles. The number of carboxylic acid groups (broad SMARTS) is 1. The van der Waals surface area contributed by atoms with Gasteiger partial charge in [0, 0.05) is 18.7 Å². The van der Waals surface area contributed by atoms with Crippen LogP contribution < -0.4 is 0 Å². The Morgan fingerprint density at radius 3 is 2.48 bits per heavy atom. The number of fused-ring (bicyclic) bond motifs is 1. The van der Waals surface area contributed by atoms with E-state index in [4.69, 9.17) is 0 Å². The zero-order valence-electron chi connectivity index (χ0n) is 11.5. The number of hydrogen-bond donors (Lipinski definition) is 1. The Morgan fingerprint density at radius 1 is 1.00 bits per heavy atom. The van der Waals surface area contributed by atoms with Gasteiger partial charge in [-0.2, -0.15) is 0 Å². The standard InChI is InChI=1S/C17H15NO3/c19-16(12-5-2-1-3-6-12)18-10-9-14-13(11-18)7-4-8-15(14)17(20)21/h1-8H,9-11H2,(H,20,21). The fourth-order valence-electron chi connectivity index (χ4n) is 2.75. The van der Waals surface area contributed by atoms with Crippen LogP contribution in [0, 0.1) is 0 Å². The number of carbonyl (C=O) groups is 2. The molecule has 3 rings (SSSR count). The third-order valence-corrected chi connectivity index (χ3v) is 3.80. The van der Waals surface area contributed by atoms with Crippen LogP contribution in [-0.4, -0.2) is 28.4 Å². The van der Waals surface area contributed by atoms with Crippen molar-refractivity contribution in [2.24, 2.45) is 0 Å². The van der Waals surface area contributed by atoms with Crippen molar-refractivity contribution >= 4 is 11.9 Å². The van der Waals surface area contributed by atoms with Crippen LogP contribution in [0.1, 0.15) is 31.8 Å². The molecule has 0 atom stereocenters. The van der Waals surface area contributed by atoms with Crippen molar-refractivity contribution in [3.63, 3.8) is 0 Å². The van der Waals surface area contributed by atoms with Crippen LogP contribution in [0.3, 0.4) is 0 Å². The molecule has 106 valence electrons. The first kappa shape index (κ1) is 13.4.